The van der Waals surface area contributed by atoms with E-state index in [0.717, 1.165) is 18.9 Å². The maximum absolute atomic E-state index is 13.7. The minimum Gasteiger partial charge on any atom is -0.324 e. The number of rotatable bonds is 0. The quantitative estimate of drug-likeness (QED) is 0.701. The van der Waals surface area contributed by atoms with E-state index in [1.54, 1.807) is 0 Å². The standard InChI is InChI=1S/C12H15F2N/c1-12(2)4-3-10(15)8-5-7(13)6-9(14)11(8)12/h5-6,10H,3-4,15H2,1-2H3. The highest BCUT2D eigenvalue weighted by molar-refractivity contribution is 5.39. The first-order chi connectivity index (χ1) is 6.92. The first-order valence-electron chi connectivity index (χ1n) is 5.17. The molecule has 0 spiro atoms. The zero-order valence-electron chi connectivity index (χ0n) is 8.98. The van der Waals surface area contributed by atoms with Crippen LogP contribution in [0.4, 0.5) is 8.78 Å². The Morgan fingerprint density at radius 3 is 2.67 bits per heavy atom. The van der Waals surface area contributed by atoms with E-state index < -0.39 is 11.6 Å². The predicted octanol–water partition coefficient (Wildman–Crippen LogP) is 3.04. The molecule has 3 heteroatoms. The lowest BCUT2D eigenvalue weighted by molar-refractivity contribution is 0.373. The van der Waals surface area contributed by atoms with Crippen LogP contribution in [0.15, 0.2) is 12.1 Å². The van der Waals surface area contributed by atoms with E-state index in [9.17, 15) is 8.78 Å². The van der Waals surface area contributed by atoms with E-state index in [4.69, 9.17) is 5.73 Å². The maximum Gasteiger partial charge on any atom is 0.130 e. The van der Waals surface area contributed by atoms with Crippen molar-refractivity contribution in [2.75, 3.05) is 0 Å². The van der Waals surface area contributed by atoms with Crippen molar-refractivity contribution in [1.82, 2.24) is 0 Å². The molecule has 2 N–H and O–H groups in total. The van der Waals surface area contributed by atoms with Crippen LogP contribution >= 0.6 is 0 Å². The fourth-order valence-electron chi connectivity index (χ4n) is 2.40. The Labute approximate surface area is 88.3 Å². The number of nitrogens with two attached hydrogens (primary N) is 1. The summed E-state index contributed by atoms with van der Waals surface area (Å²) in [4.78, 5) is 0. The third-order valence-corrected chi connectivity index (χ3v) is 3.24. The van der Waals surface area contributed by atoms with Crippen LogP contribution in [-0.2, 0) is 5.41 Å². The fraction of sp³-hybridized carbons (Fsp3) is 0.500. The maximum atomic E-state index is 13.7. The number of fused-ring (bicyclic) bond motifs is 1. The second-order valence-electron chi connectivity index (χ2n) is 4.88. The van der Waals surface area contributed by atoms with E-state index in [-0.39, 0.29) is 11.5 Å². The van der Waals surface area contributed by atoms with Crippen molar-refractivity contribution in [2.24, 2.45) is 5.73 Å². The van der Waals surface area contributed by atoms with E-state index in [2.05, 4.69) is 0 Å². The van der Waals surface area contributed by atoms with E-state index in [0.29, 0.717) is 11.1 Å². The van der Waals surface area contributed by atoms with Crippen LogP contribution < -0.4 is 5.73 Å². The summed E-state index contributed by atoms with van der Waals surface area (Å²) >= 11 is 0. The molecular weight excluding hydrogens is 196 g/mol. The van der Waals surface area contributed by atoms with Gasteiger partial charge in [0.15, 0.2) is 0 Å². The molecule has 82 valence electrons. The van der Waals surface area contributed by atoms with E-state index >= 15 is 0 Å². The highest BCUT2D eigenvalue weighted by Crippen LogP contribution is 2.42. The Morgan fingerprint density at radius 2 is 2.00 bits per heavy atom. The summed E-state index contributed by atoms with van der Waals surface area (Å²) in [6.45, 7) is 3.94. The van der Waals surface area contributed by atoms with Gasteiger partial charge >= 0.3 is 0 Å². The topological polar surface area (TPSA) is 26.0 Å². The summed E-state index contributed by atoms with van der Waals surface area (Å²) in [5.74, 6) is -1.01. The molecule has 15 heavy (non-hydrogen) atoms. The molecule has 1 atom stereocenters. The third-order valence-electron chi connectivity index (χ3n) is 3.24. The molecular formula is C12H15F2N. The molecule has 1 aromatic rings. The van der Waals surface area contributed by atoms with Crippen molar-refractivity contribution in [1.29, 1.82) is 0 Å². The Kier molecular flexibility index (Phi) is 2.30. The smallest absolute Gasteiger partial charge is 0.130 e. The fourth-order valence-corrected chi connectivity index (χ4v) is 2.40. The van der Waals surface area contributed by atoms with Crippen molar-refractivity contribution < 1.29 is 8.78 Å². The van der Waals surface area contributed by atoms with Crippen LogP contribution in [0, 0.1) is 11.6 Å². The van der Waals surface area contributed by atoms with E-state index in [1.807, 2.05) is 13.8 Å². The average Bonchev–Trinajstić information content (AvgIpc) is 2.10. The van der Waals surface area contributed by atoms with Gasteiger partial charge in [-0.1, -0.05) is 13.8 Å². The molecule has 0 bridgehead atoms. The minimum atomic E-state index is -0.542. The summed E-state index contributed by atoms with van der Waals surface area (Å²) in [5.41, 5.74) is 6.84. The third kappa shape index (κ3) is 1.65. The highest BCUT2D eigenvalue weighted by atomic mass is 19.1. The van der Waals surface area contributed by atoms with Crippen LogP contribution in [0.25, 0.3) is 0 Å². The Balaban J connectivity index is 2.67. The molecule has 0 radical (unpaired) electrons. The normalized spacial score (nSPS) is 23.7. The average molecular weight is 211 g/mol. The van der Waals surface area contributed by atoms with Gasteiger partial charge < -0.3 is 5.73 Å². The monoisotopic (exact) mass is 211 g/mol. The molecule has 1 nitrogen and oxygen atoms in total. The van der Waals surface area contributed by atoms with Crippen LogP contribution in [0.2, 0.25) is 0 Å². The summed E-state index contributed by atoms with van der Waals surface area (Å²) in [6, 6.07) is 2.07. The zero-order chi connectivity index (χ0) is 11.2. The molecule has 1 aliphatic rings. The van der Waals surface area contributed by atoms with Crippen molar-refractivity contribution in [2.45, 2.75) is 38.1 Å². The predicted molar refractivity (Wildman–Crippen MR) is 55.5 cm³/mol. The number of halogens is 2. The molecule has 1 aromatic carbocycles. The van der Waals surface area contributed by atoms with Crippen molar-refractivity contribution in [3.63, 3.8) is 0 Å². The lowest BCUT2D eigenvalue weighted by atomic mass is 9.71. The van der Waals surface area contributed by atoms with Crippen LogP contribution in [0.1, 0.15) is 43.9 Å². The highest BCUT2D eigenvalue weighted by Gasteiger charge is 2.34. The number of hydrogen-bond donors (Lipinski definition) is 1. The molecule has 0 saturated carbocycles. The van der Waals surface area contributed by atoms with Crippen LogP contribution in [0.5, 0.6) is 0 Å². The molecule has 1 unspecified atom stereocenters. The first kappa shape index (κ1) is 10.6. The summed E-state index contributed by atoms with van der Waals surface area (Å²) in [5, 5.41) is 0. The largest absolute Gasteiger partial charge is 0.324 e. The van der Waals surface area contributed by atoms with Gasteiger partial charge in [0.05, 0.1) is 0 Å². The van der Waals surface area contributed by atoms with Crippen molar-refractivity contribution >= 4 is 0 Å². The van der Waals surface area contributed by atoms with Gasteiger partial charge in [0, 0.05) is 12.1 Å². The van der Waals surface area contributed by atoms with Gasteiger partial charge in [0.25, 0.3) is 0 Å². The van der Waals surface area contributed by atoms with Gasteiger partial charge in [-0.15, -0.1) is 0 Å². The van der Waals surface area contributed by atoms with Gasteiger partial charge in [0.2, 0.25) is 0 Å². The van der Waals surface area contributed by atoms with Crippen LogP contribution in [-0.4, -0.2) is 0 Å². The lowest BCUT2D eigenvalue weighted by Gasteiger charge is -2.35. The summed E-state index contributed by atoms with van der Waals surface area (Å²) in [7, 11) is 0. The van der Waals surface area contributed by atoms with Gasteiger partial charge in [-0.25, -0.2) is 8.78 Å². The number of benzene rings is 1. The molecule has 1 aliphatic carbocycles. The second-order valence-corrected chi connectivity index (χ2v) is 4.88. The Morgan fingerprint density at radius 1 is 1.33 bits per heavy atom. The Bertz CT molecular complexity index is 399. The van der Waals surface area contributed by atoms with E-state index in [1.165, 1.54) is 6.07 Å². The van der Waals surface area contributed by atoms with Crippen molar-refractivity contribution in [3.05, 3.63) is 34.9 Å². The lowest BCUT2D eigenvalue weighted by Crippen LogP contribution is -2.31. The van der Waals surface area contributed by atoms with Gasteiger partial charge in [-0.2, -0.15) is 0 Å². The first-order valence-corrected chi connectivity index (χ1v) is 5.17. The van der Waals surface area contributed by atoms with Gasteiger partial charge in [-0.3, -0.25) is 0 Å². The summed E-state index contributed by atoms with van der Waals surface area (Å²) < 4.78 is 26.8. The summed E-state index contributed by atoms with van der Waals surface area (Å²) in [6.07, 6.45) is 1.62. The molecule has 0 aromatic heterocycles. The Hall–Kier alpha value is -0.960. The second kappa shape index (κ2) is 3.27. The molecule has 0 amide bonds. The molecule has 2 rings (SSSR count). The molecule has 0 heterocycles. The van der Waals surface area contributed by atoms with Gasteiger partial charge in [-0.05, 0) is 35.4 Å². The molecule has 0 aliphatic heterocycles. The minimum absolute atomic E-state index is 0.238. The van der Waals surface area contributed by atoms with Gasteiger partial charge in [0.1, 0.15) is 11.6 Å². The van der Waals surface area contributed by atoms with Crippen LogP contribution in [0.3, 0.4) is 0 Å². The molecule has 0 saturated heterocycles. The molecule has 0 fully saturated rings. The number of hydrogen-bond acceptors (Lipinski definition) is 1. The SMILES string of the molecule is CC1(C)CCC(N)c2cc(F)cc(F)c21. The van der Waals surface area contributed by atoms with Crippen molar-refractivity contribution in [3.8, 4) is 0 Å². The zero-order valence-corrected chi connectivity index (χ0v) is 8.98.